The lowest BCUT2D eigenvalue weighted by Crippen LogP contribution is -2.36. The topological polar surface area (TPSA) is 53.0 Å². The van der Waals surface area contributed by atoms with Crippen LogP contribution in [-0.2, 0) is 0 Å². The van der Waals surface area contributed by atoms with Crippen molar-refractivity contribution in [2.45, 2.75) is 38.3 Å². The van der Waals surface area contributed by atoms with Crippen molar-refractivity contribution in [2.24, 2.45) is 5.73 Å². The van der Waals surface area contributed by atoms with Crippen molar-refractivity contribution in [3.05, 3.63) is 34.9 Å². The second-order valence-electron chi connectivity index (χ2n) is 5.12. The van der Waals surface area contributed by atoms with Gasteiger partial charge in [0.2, 0.25) is 0 Å². The van der Waals surface area contributed by atoms with Crippen LogP contribution in [0, 0.1) is 23.0 Å². The molecular weight excluding hydrogens is 260 g/mol. The van der Waals surface area contributed by atoms with Crippen molar-refractivity contribution in [1.82, 2.24) is 4.90 Å². The summed E-state index contributed by atoms with van der Waals surface area (Å²) in [5, 5.41) is 8.91. The quantitative estimate of drug-likeness (QED) is 0.871. The van der Waals surface area contributed by atoms with E-state index in [1.165, 1.54) is 12.1 Å². The van der Waals surface area contributed by atoms with E-state index in [1.807, 2.05) is 6.92 Å². The van der Waals surface area contributed by atoms with E-state index in [0.717, 1.165) is 12.8 Å². The number of hydrogen-bond donors (Lipinski definition) is 1. The molecular formula is C15H19F2N3. The maximum Gasteiger partial charge on any atom is 0.148 e. The van der Waals surface area contributed by atoms with E-state index in [2.05, 4.69) is 4.90 Å². The molecule has 1 unspecified atom stereocenters. The smallest absolute Gasteiger partial charge is 0.148 e. The summed E-state index contributed by atoms with van der Waals surface area (Å²) >= 11 is 0. The predicted molar refractivity (Wildman–Crippen MR) is 72.9 cm³/mol. The first-order valence-electron chi connectivity index (χ1n) is 6.97. The van der Waals surface area contributed by atoms with E-state index in [9.17, 15) is 8.78 Å². The fourth-order valence-electron chi connectivity index (χ4n) is 2.71. The van der Waals surface area contributed by atoms with Crippen molar-refractivity contribution in [3.8, 4) is 6.07 Å². The first-order valence-corrected chi connectivity index (χ1v) is 6.97. The second-order valence-corrected chi connectivity index (χ2v) is 5.12. The molecule has 0 bridgehead atoms. The van der Waals surface area contributed by atoms with E-state index >= 15 is 0 Å². The Morgan fingerprint density at radius 3 is 2.65 bits per heavy atom. The van der Waals surface area contributed by atoms with Gasteiger partial charge in [0.25, 0.3) is 0 Å². The highest BCUT2D eigenvalue weighted by atomic mass is 19.1. The lowest BCUT2D eigenvalue weighted by Gasteiger charge is -2.31. The van der Waals surface area contributed by atoms with Gasteiger partial charge >= 0.3 is 0 Å². The number of benzene rings is 1. The lowest BCUT2D eigenvalue weighted by atomic mass is 9.98. The van der Waals surface area contributed by atoms with Crippen LogP contribution in [0.15, 0.2) is 12.1 Å². The Morgan fingerprint density at radius 1 is 1.45 bits per heavy atom. The highest BCUT2D eigenvalue weighted by Gasteiger charge is 2.36. The maximum atomic E-state index is 14.3. The summed E-state index contributed by atoms with van der Waals surface area (Å²) in [6.45, 7) is 2.96. The third kappa shape index (κ3) is 2.82. The summed E-state index contributed by atoms with van der Waals surface area (Å²) in [7, 11) is 0. The standard InChI is InChI=1S/C15H19F2N3/c1-2-13(20(8-7-18)11-4-5-11)14-12(16)6-3-10(9-19)15(14)17/h3,6,11,13H,2,4-5,7-8,18H2,1H3. The van der Waals surface area contributed by atoms with Crippen molar-refractivity contribution >= 4 is 0 Å². The van der Waals surface area contributed by atoms with Gasteiger partial charge in [0.1, 0.15) is 17.7 Å². The molecule has 108 valence electrons. The van der Waals surface area contributed by atoms with Crippen molar-refractivity contribution in [1.29, 1.82) is 5.26 Å². The summed E-state index contributed by atoms with van der Waals surface area (Å²) in [4.78, 5) is 2.07. The van der Waals surface area contributed by atoms with E-state index in [4.69, 9.17) is 11.0 Å². The molecule has 5 heteroatoms. The van der Waals surface area contributed by atoms with Crippen molar-refractivity contribution in [3.63, 3.8) is 0 Å². The van der Waals surface area contributed by atoms with Gasteiger partial charge in [-0.3, -0.25) is 4.90 Å². The largest absolute Gasteiger partial charge is 0.329 e. The average molecular weight is 279 g/mol. The van der Waals surface area contributed by atoms with Gasteiger partial charge < -0.3 is 5.73 Å². The minimum atomic E-state index is -0.734. The Morgan fingerprint density at radius 2 is 2.15 bits per heavy atom. The minimum Gasteiger partial charge on any atom is -0.329 e. The van der Waals surface area contributed by atoms with Gasteiger partial charge in [-0.1, -0.05) is 6.92 Å². The Balaban J connectivity index is 2.42. The normalized spacial score (nSPS) is 16.2. The summed E-state index contributed by atoms with van der Waals surface area (Å²) in [5.41, 5.74) is 5.51. The first kappa shape index (κ1) is 14.9. The molecule has 0 saturated heterocycles. The average Bonchev–Trinajstić information content (AvgIpc) is 3.26. The number of rotatable bonds is 6. The van der Waals surface area contributed by atoms with Crippen LogP contribution in [0.3, 0.4) is 0 Å². The molecule has 2 rings (SSSR count). The molecule has 1 aromatic rings. The molecule has 20 heavy (non-hydrogen) atoms. The molecule has 1 aromatic carbocycles. The van der Waals surface area contributed by atoms with Crippen LogP contribution in [-0.4, -0.2) is 24.0 Å². The first-order chi connectivity index (χ1) is 9.63. The molecule has 0 spiro atoms. The Hall–Kier alpha value is -1.51. The highest BCUT2D eigenvalue weighted by molar-refractivity contribution is 5.37. The van der Waals surface area contributed by atoms with Crippen LogP contribution in [0.2, 0.25) is 0 Å². The highest BCUT2D eigenvalue weighted by Crippen LogP contribution is 2.37. The number of hydrogen-bond acceptors (Lipinski definition) is 3. The van der Waals surface area contributed by atoms with Crippen molar-refractivity contribution < 1.29 is 8.78 Å². The Bertz CT molecular complexity index is 521. The fraction of sp³-hybridized carbons (Fsp3) is 0.533. The molecule has 0 heterocycles. The zero-order valence-electron chi connectivity index (χ0n) is 11.6. The zero-order valence-corrected chi connectivity index (χ0v) is 11.6. The summed E-state index contributed by atoms with van der Waals surface area (Å²) in [6, 6.07) is 4.13. The van der Waals surface area contributed by atoms with E-state index in [1.54, 1.807) is 6.07 Å². The predicted octanol–water partition coefficient (Wildman–Crippen LogP) is 2.71. The molecule has 1 fully saturated rings. The van der Waals surface area contributed by atoms with Gasteiger partial charge in [-0.2, -0.15) is 5.26 Å². The number of nitrogens with two attached hydrogens (primary N) is 1. The Labute approximate surface area is 118 Å². The molecule has 1 saturated carbocycles. The molecule has 3 nitrogen and oxygen atoms in total. The fourth-order valence-corrected chi connectivity index (χ4v) is 2.71. The molecule has 2 N–H and O–H groups in total. The molecule has 0 radical (unpaired) electrons. The Kier molecular flexibility index (Phi) is 4.69. The second kappa shape index (κ2) is 6.29. The third-order valence-electron chi connectivity index (χ3n) is 3.77. The third-order valence-corrected chi connectivity index (χ3v) is 3.77. The maximum absolute atomic E-state index is 14.3. The van der Waals surface area contributed by atoms with Crippen LogP contribution in [0.5, 0.6) is 0 Å². The van der Waals surface area contributed by atoms with Crippen LogP contribution < -0.4 is 5.73 Å². The van der Waals surface area contributed by atoms with E-state index in [-0.39, 0.29) is 17.2 Å². The molecule has 0 aromatic heterocycles. The number of nitrogens with zero attached hydrogens (tertiary/aromatic N) is 2. The molecule has 1 aliphatic carbocycles. The molecule has 0 amide bonds. The van der Waals surface area contributed by atoms with Gasteiger partial charge in [-0.05, 0) is 31.4 Å². The molecule has 1 aliphatic rings. The number of nitriles is 1. The van der Waals surface area contributed by atoms with Crippen LogP contribution in [0.1, 0.15) is 43.4 Å². The van der Waals surface area contributed by atoms with Gasteiger partial charge in [0.05, 0.1) is 5.56 Å². The lowest BCUT2D eigenvalue weighted by molar-refractivity contribution is 0.179. The van der Waals surface area contributed by atoms with Gasteiger partial charge in [0, 0.05) is 30.7 Å². The summed E-state index contributed by atoms with van der Waals surface area (Å²) in [6.07, 6.45) is 2.66. The van der Waals surface area contributed by atoms with Gasteiger partial charge in [-0.15, -0.1) is 0 Å². The SMILES string of the molecule is CCC(c1c(F)ccc(C#N)c1F)N(CCN)C1CC1. The van der Waals surface area contributed by atoms with E-state index in [0.29, 0.717) is 25.6 Å². The molecule has 0 aliphatic heterocycles. The monoisotopic (exact) mass is 279 g/mol. The number of halogens is 2. The van der Waals surface area contributed by atoms with Crippen LogP contribution in [0.25, 0.3) is 0 Å². The minimum absolute atomic E-state index is 0.00639. The van der Waals surface area contributed by atoms with Gasteiger partial charge in [0.15, 0.2) is 0 Å². The zero-order chi connectivity index (χ0) is 14.7. The van der Waals surface area contributed by atoms with Gasteiger partial charge in [-0.25, -0.2) is 8.78 Å². The van der Waals surface area contributed by atoms with Crippen LogP contribution in [0.4, 0.5) is 8.78 Å². The van der Waals surface area contributed by atoms with Crippen LogP contribution >= 0.6 is 0 Å². The molecule has 1 atom stereocenters. The summed E-state index contributed by atoms with van der Waals surface area (Å²) < 4.78 is 28.4. The van der Waals surface area contributed by atoms with E-state index < -0.39 is 11.6 Å². The summed E-state index contributed by atoms with van der Waals surface area (Å²) in [5.74, 6) is -1.32. The van der Waals surface area contributed by atoms with Crippen molar-refractivity contribution in [2.75, 3.05) is 13.1 Å².